The lowest BCUT2D eigenvalue weighted by atomic mass is 10.0. The van der Waals surface area contributed by atoms with E-state index in [2.05, 4.69) is 56.4 Å². The van der Waals surface area contributed by atoms with Crippen LogP contribution in [0.5, 0.6) is 0 Å². The van der Waals surface area contributed by atoms with Crippen LogP contribution in [-0.4, -0.2) is 12.6 Å². The molecule has 15 heavy (non-hydrogen) atoms. The highest BCUT2D eigenvalue weighted by Gasteiger charge is 2.08. The van der Waals surface area contributed by atoms with E-state index in [9.17, 15) is 0 Å². The summed E-state index contributed by atoms with van der Waals surface area (Å²) in [5.74, 6) is 0.765. The van der Waals surface area contributed by atoms with Gasteiger partial charge in [-0.15, -0.1) is 0 Å². The third-order valence-corrected chi connectivity index (χ3v) is 3.22. The fourth-order valence-corrected chi connectivity index (χ4v) is 1.64. The van der Waals surface area contributed by atoms with Crippen molar-refractivity contribution in [1.82, 2.24) is 5.32 Å². The van der Waals surface area contributed by atoms with Gasteiger partial charge < -0.3 is 5.32 Å². The van der Waals surface area contributed by atoms with Crippen LogP contribution in [0, 0.1) is 5.92 Å². The van der Waals surface area contributed by atoms with E-state index >= 15 is 0 Å². The summed E-state index contributed by atoms with van der Waals surface area (Å²) in [5, 5.41) is 3.58. The zero-order valence-electron chi connectivity index (χ0n) is 10.2. The van der Waals surface area contributed by atoms with E-state index in [-0.39, 0.29) is 0 Å². The lowest BCUT2D eigenvalue weighted by Crippen LogP contribution is -2.33. The Morgan fingerprint density at radius 2 is 1.80 bits per heavy atom. The molecule has 0 fully saturated rings. The minimum atomic E-state index is 0.624. The summed E-state index contributed by atoms with van der Waals surface area (Å²) in [5.41, 5.74) is 1.42. The SMILES string of the molecule is CCC(C)C(C)NCCc1ccccc1. The Kier molecular flexibility index (Phi) is 5.41. The maximum absolute atomic E-state index is 3.58. The smallest absolute Gasteiger partial charge is 0.00643 e. The highest BCUT2D eigenvalue weighted by atomic mass is 14.9. The molecule has 0 saturated heterocycles. The molecule has 0 aliphatic rings. The van der Waals surface area contributed by atoms with Gasteiger partial charge in [0.25, 0.3) is 0 Å². The van der Waals surface area contributed by atoms with Gasteiger partial charge in [0.1, 0.15) is 0 Å². The third kappa shape index (κ3) is 4.48. The van der Waals surface area contributed by atoms with Crippen LogP contribution in [0.25, 0.3) is 0 Å². The Labute approximate surface area is 93.9 Å². The zero-order valence-corrected chi connectivity index (χ0v) is 10.2. The van der Waals surface area contributed by atoms with Crippen molar-refractivity contribution in [3.63, 3.8) is 0 Å². The predicted octanol–water partition coefficient (Wildman–Crippen LogP) is 3.25. The number of nitrogens with one attached hydrogen (secondary N) is 1. The van der Waals surface area contributed by atoms with Gasteiger partial charge in [0, 0.05) is 6.04 Å². The molecule has 1 rings (SSSR count). The summed E-state index contributed by atoms with van der Waals surface area (Å²) in [6.45, 7) is 7.91. The molecular formula is C14H23N. The van der Waals surface area contributed by atoms with E-state index in [4.69, 9.17) is 0 Å². The molecule has 0 spiro atoms. The van der Waals surface area contributed by atoms with E-state index in [1.54, 1.807) is 0 Å². The standard InChI is InChI=1S/C14H23N/c1-4-12(2)13(3)15-11-10-14-8-6-5-7-9-14/h5-9,12-13,15H,4,10-11H2,1-3H3. The Morgan fingerprint density at radius 3 is 2.40 bits per heavy atom. The van der Waals surface area contributed by atoms with Gasteiger partial charge in [0.05, 0.1) is 0 Å². The molecule has 0 saturated carbocycles. The molecule has 1 nitrogen and oxygen atoms in total. The molecule has 0 radical (unpaired) electrons. The van der Waals surface area contributed by atoms with Crippen molar-refractivity contribution >= 4 is 0 Å². The second-order valence-corrected chi connectivity index (χ2v) is 4.36. The topological polar surface area (TPSA) is 12.0 Å². The number of rotatable bonds is 6. The summed E-state index contributed by atoms with van der Waals surface area (Å²) in [4.78, 5) is 0. The van der Waals surface area contributed by atoms with E-state index in [0.29, 0.717) is 6.04 Å². The summed E-state index contributed by atoms with van der Waals surface area (Å²) < 4.78 is 0. The number of hydrogen-bond acceptors (Lipinski definition) is 1. The minimum Gasteiger partial charge on any atom is -0.314 e. The van der Waals surface area contributed by atoms with Crippen LogP contribution >= 0.6 is 0 Å². The lowest BCUT2D eigenvalue weighted by Gasteiger charge is -2.19. The van der Waals surface area contributed by atoms with Crippen molar-refractivity contribution in [2.24, 2.45) is 5.92 Å². The van der Waals surface area contributed by atoms with E-state index in [0.717, 1.165) is 18.9 Å². The van der Waals surface area contributed by atoms with Crippen molar-refractivity contribution in [2.75, 3.05) is 6.54 Å². The molecule has 2 atom stereocenters. The molecule has 2 unspecified atom stereocenters. The Morgan fingerprint density at radius 1 is 1.13 bits per heavy atom. The average molecular weight is 205 g/mol. The molecule has 1 aromatic rings. The van der Waals surface area contributed by atoms with Crippen LogP contribution in [0.15, 0.2) is 30.3 Å². The average Bonchev–Trinajstić information content (AvgIpc) is 2.29. The first-order chi connectivity index (χ1) is 7.24. The second-order valence-electron chi connectivity index (χ2n) is 4.36. The molecule has 0 aliphatic carbocycles. The van der Waals surface area contributed by atoms with Gasteiger partial charge in [0.2, 0.25) is 0 Å². The van der Waals surface area contributed by atoms with Crippen LogP contribution in [0.3, 0.4) is 0 Å². The largest absolute Gasteiger partial charge is 0.314 e. The fraction of sp³-hybridized carbons (Fsp3) is 0.571. The van der Waals surface area contributed by atoms with Gasteiger partial charge in [-0.3, -0.25) is 0 Å². The summed E-state index contributed by atoms with van der Waals surface area (Å²) in [6, 6.07) is 11.3. The molecule has 84 valence electrons. The van der Waals surface area contributed by atoms with Gasteiger partial charge in [-0.1, -0.05) is 50.6 Å². The molecule has 0 aromatic heterocycles. The molecule has 1 aromatic carbocycles. The van der Waals surface area contributed by atoms with E-state index in [1.165, 1.54) is 12.0 Å². The molecule has 0 heterocycles. The first kappa shape index (κ1) is 12.3. The Hall–Kier alpha value is -0.820. The molecule has 0 amide bonds. The third-order valence-electron chi connectivity index (χ3n) is 3.22. The van der Waals surface area contributed by atoms with Gasteiger partial charge in [-0.25, -0.2) is 0 Å². The first-order valence-electron chi connectivity index (χ1n) is 6.01. The minimum absolute atomic E-state index is 0.624. The van der Waals surface area contributed by atoms with E-state index < -0.39 is 0 Å². The zero-order chi connectivity index (χ0) is 11.1. The van der Waals surface area contributed by atoms with Crippen LogP contribution in [0.1, 0.15) is 32.8 Å². The van der Waals surface area contributed by atoms with Gasteiger partial charge in [-0.2, -0.15) is 0 Å². The molecule has 0 aliphatic heterocycles. The first-order valence-corrected chi connectivity index (χ1v) is 6.01. The maximum Gasteiger partial charge on any atom is 0.00643 e. The van der Waals surface area contributed by atoms with Crippen LogP contribution in [0.4, 0.5) is 0 Å². The maximum atomic E-state index is 3.58. The quantitative estimate of drug-likeness (QED) is 0.751. The monoisotopic (exact) mass is 205 g/mol. The summed E-state index contributed by atoms with van der Waals surface area (Å²) in [6.07, 6.45) is 2.38. The van der Waals surface area contributed by atoms with Crippen LogP contribution in [-0.2, 0) is 6.42 Å². The highest BCUT2D eigenvalue weighted by molar-refractivity contribution is 5.14. The van der Waals surface area contributed by atoms with Crippen molar-refractivity contribution < 1.29 is 0 Å². The predicted molar refractivity (Wildman–Crippen MR) is 67.1 cm³/mol. The fourth-order valence-electron chi connectivity index (χ4n) is 1.64. The summed E-state index contributed by atoms with van der Waals surface area (Å²) in [7, 11) is 0. The second kappa shape index (κ2) is 6.62. The normalized spacial score (nSPS) is 14.9. The number of benzene rings is 1. The van der Waals surface area contributed by atoms with Gasteiger partial charge in [-0.05, 0) is 31.4 Å². The Bertz CT molecular complexity index is 255. The molecule has 1 heteroatoms. The van der Waals surface area contributed by atoms with Crippen LogP contribution < -0.4 is 5.32 Å². The van der Waals surface area contributed by atoms with Crippen molar-refractivity contribution in [3.8, 4) is 0 Å². The lowest BCUT2D eigenvalue weighted by molar-refractivity contribution is 0.393. The van der Waals surface area contributed by atoms with E-state index in [1.807, 2.05) is 0 Å². The molecule has 1 N–H and O–H groups in total. The van der Waals surface area contributed by atoms with Crippen molar-refractivity contribution in [3.05, 3.63) is 35.9 Å². The van der Waals surface area contributed by atoms with Gasteiger partial charge in [0.15, 0.2) is 0 Å². The van der Waals surface area contributed by atoms with Crippen LogP contribution in [0.2, 0.25) is 0 Å². The van der Waals surface area contributed by atoms with Gasteiger partial charge >= 0.3 is 0 Å². The Balaban J connectivity index is 2.22. The number of hydrogen-bond donors (Lipinski definition) is 1. The van der Waals surface area contributed by atoms with Crippen molar-refractivity contribution in [2.45, 2.75) is 39.7 Å². The summed E-state index contributed by atoms with van der Waals surface area (Å²) >= 11 is 0. The highest BCUT2D eigenvalue weighted by Crippen LogP contribution is 2.06. The van der Waals surface area contributed by atoms with Crippen molar-refractivity contribution in [1.29, 1.82) is 0 Å². The molecule has 0 bridgehead atoms. The molecular weight excluding hydrogens is 182 g/mol.